The van der Waals surface area contributed by atoms with Gasteiger partial charge in [-0.3, -0.25) is 0 Å². The van der Waals surface area contributed by atoms with E-state index in [4.69, 9.17) is 11.6 Å². The van der Waals surface area contributed by atoms with Crippen molar-refractivity contribution in [2.75, 3.05) is 0 Å². The minimum Gasteiger partial charge on any atom is -0.386 e. The number of nitrogens with zero attached hydrogens (tertiary/aromatic N) is 2. The normalized spacial score (nSPS) is 12.8. The van der Waals surface area contributed by atoms with Crippen LogP contribution in [0.25, 0.3) is 5.65 Å². The van der Waals surface area contributed by atoms with Gasteiger partial charge in [-0.1, -0.05) is 29.8 Å². The van der Waals surface area contributed by atoms with E-state index < -0.39 is 6.10 Å². The van der Waals surface area contributed by atoms with Gasteiger partial charge < -0.3 is 9.51 Å². The summed E-state index contributed by atoms with van der Waals surface area (Å²) in [7, 11) is 0. The average Bonchev–Trinajstić information content (AvgIpc) is 2.86. The van der Waals surface area contributed by atoms with Crippen molar-refractivity contribution < 1.29 is 5.11 Å². The van der Waals surface area contributed by atoms with Crippen LogP contribution in [0, 0.1) is 6.92 Å². The van der Waals surface area contributed by atoms with Crippen LogP contribution in [0.5, 0.6) is 0 Å². The molecule has 1 atom stereocenters. The highest BCUT2D eigenvalue weighted by Gasteiger charge is 2.14. The van der Waals surface area contributed by atoms with Crippen molar-refractivity contribution in [1.82, 2.24) is 9.38 Å². The Balaban J connectivity index is 1.86. The van der Waals surface area contributed by atoms with Crippen molar-refractivity contribution in [3.8, 4) is 0 Å². The number of aliphatic hydroxyl groups is 1. The van der Waals surface area contributed by atoms with Gasteiger partial charge in [0.1, 0.15) is 11.8 Å². The van der Waals surface area contributed by atoms with Crippen LogP contribution in [-0.4, -0.2) is 14.5 Å². The Morgan fingerprint density at radius 3 is 2.90 bits per heavy atom. The fourth-order valence-corrected chi connectivity index (χ4v) is 2.56. The van der Waals surface area contributed by atoms with E-state index in [0.29, 0.717) is 17.1 Å². The smallest absolute Gasteiger partial charge is 0.137 e. The molecule has 0 fully saturated rings. The average molecular weight is 287 g/mol. The molecule has 3 nitrogen and oxygen atoms in total. The second-order valence-electron chi connectivity index (χ2n) is 4.95. The van der Waals surface area contributed by atoms with Crippen molar-refractivity contribution in [1.29, 1.82) is 0 Å². The molecule has 0 amide bonds. The molecule has 3 aromatic rings. The quantitative estimate of drug-likeness (QED) is 0.799. The Labute approximate surface area is 122 Å². The maximum atomic E-state index is 10.3. The van der Waals surface area contributed by atoms with Gasteiger partial charge in [0.15, 0.2) is 0 Å². The number of imidazole rings is 1. The van der Waals surface area contributed by atoms with E-state index in [2.05, 4.69) is 4.98 Å². The summed E-state index contributed by atoms with van der Waals surface area (Å²) in [5.41, 5.74) is 3.53. The number of rotatable bonds is 3. The van der Waals surface area contributed by atoms with Crippen LogP contribution in [0.4, 0.5) is 0 Å². The summed E-state index contributed by atoms with van der Waals surface area (Å²) in [5, 5.41) is 11.0. The molecular formula is C16H15ClN2O. The van der Waals surface area contributed by atoms with Crippen LogP contribution in [0.2, 0.25) is 5.02 Å². The van der Waals surface area contributed by atoms with E-state index in [0.717, 1.165) is 16.8 Å². The molecule has 2 aromatic heterocycles. The molecule has 0 spiro atoms. The standard InChI is InChI=1S/C16H15ClN2O/c1-11-5-6-12(13(17)8-11)9-15(20)14-10-19-7-3-2-4-16(19)18-14/h2-8,10,15,20H,9H2,1H3. The number of aromatic nitrogens is 2. The van der Waals surface area contributed by atoms with Gasteiger partial charge in [0.05, 0.1) is 5.69 Å². The second-order valence-corrected chi connectivity index (χ2v) is 5.35. The maximum Gasteiger partial charge on any atom is 0.137 e. The van der Waals surface area contributed by atoms with Gasteiger partial charge in [-0.05, 0) is 36.2 Å². The Kier molecular flexibility index (Phi) is 3.47. The molecule has 0 aliphatic heterocycles. The zero-order chi connectivity index (χ0) is 14.1. The molecule has 1 N–H and O–H groups in total. The number of aryl methyl sites for hydroxylation is 1. The number of halogens is 1. The maximum absolute atomic E-state index is 10.3. The number of hydrogen-bond donors (Lipinski definition) is 1. The van der Waals surface area contributed by atoms with Crippen LogP contribution in [-0.2, 0) is 6.42 Å². The lowest BCUT2D eigenvalue weighted by Gasteiger charge is -2.09. The first-order valence-corrected chi connectivity index (χ1v) is 6.88. The summed E-state index contributed by atoms with van der Waals surface area (Å²) in [6.45, 7) is 1.99. The summed E-state index contributed by atoms with van der Waals surface area (Å²) in [6, 6.07) is 11.6. The minimum absolute atomic E-state index is 0.461. The Bertz CT molecular complexity index is 718. The molecule has 0 saturated carbocycles. The highest BCUT2D eigenvalue weighted by Crippen LogP contribution is 2.24. The number of pyridine rings is 1. The number of hydrogen-bond acceptors (Lipinski definition) is 2. The first kappa shape index (κ1) is 13.2. The molecule has 1 unspecified atom stereocenters. The number of fused-ring (bicyclic) bond motifs is 1. The third-order valence-electron chi connectivity index (χ3n) is 3.35. The van der Waals surface area contributed by atoms with Crippen LogP contribution in [0.15, 0.2) is 48.8 Å². The number of benzene rings is 1. The molecule has 20 heavy (non-hydrogen) atoms. The second kappa shape index (κ2) is 5.27. The Morgan fingerprint density at radius 1 is 1.30 bits per heavy atom. The van der Waals surface area contributed by atoms with Crippen molar-refractivity contribution in [2.45, 2.75) is 19.4 Å². The van der Waals surface area contributed by atoms with Crippen LogP contribution in [0.3, 0.4) is 0 Å². The first-order valence-electron chi connectivity index (χ1n) is 6.50. The van der Waals surface area contributed by atoms with Crippen LogP contribution < -0.4 is 0 Å². The molecule has 2 heterocycles. The van der Waals surface area contributed by atoms with Crippen molar-refractivity contribution in [3.05, 3.63) is 70.6 Å². The zero-order valence-electron chi connectivity index (χ0n) is 11.1. The topological polar surface area (TPSA) is 37.5 Å². The third kappa shape index (κ3) is 2.55. The SMILES string of the molecule is Cc1ccc(CC(O)c2cn3ccccc3n2)c(Cl)c1. The van der Waals surface area contributed by atoms with Crippen molar-refractivity contribution in [2.24, 2.45) is 0 Å². The van der Waals surface area contributed by atoms with Gasteiger partial charge in [-0.2, -0.15) is 0 Å². The monoisotopic (exact) mass is 286 g/mol. The highest BCUT2D eigenvalue weighted by atomic mass is 35.5. The number of aliphatic hydroxyl groups excluding tert-OH is 1. The minimum atomic E-state index is -0.657. The van der Waals surface area contributed by atoms with E-state index in [-0.39, 0.29) is 0 Å². The van der Waals surface area contributed by atoms with E-state index in [1.807, 2.05) is 60.1 Å². The summed E-state index contributed by atoms with van der Waals surface area (Å²) in [5.74, 6) is 0. The van der Waals surface area contributed by atoms with Crippen LogP contribution >= 0.6 is 11.6 Å². The molecule has 1 aromatic carbocycles. The summed E-state index contributed by atoms with van der Waals surface area (Å²) in [6.07, 6.45) is 3.57. The van der Waals surface area contributed by atoms with Gasteiger partial charge in [-0.15, -0.1) is 0 Å². The third-order valence-corrected chi connectivity index (χ3v) is 3.70. The molecule has 0 saturated heterocycles. The molecule has 0 radical (unpaired) electrons. The lowest BCUT2D eigenvalue weighted by Crippen LogP contribution is -2.02. The van der Waals surface area contributed by atoms with Crippen molar-refractivity contribution in [3.63, 3.8) is 0 Å². The zero-order valence-corrected chi connectivity index (χ0v) is 11.9. The van der Waals surface area contributed by atoms with E-state index in [1.165, 1.54) is 0 Å². The summed E-state index contributed by atoms with van der Waals surface area (Å²) >= 11 is 6.20. The molecule has 0 aliphatic rings. The van der Waals surface area contributed by atoms with Crippen molar-refractivity contribution >= 4 is 17.2 Å². The summed E-state index contributed by atoms with van der Waals surface area (Å²) in [4.78, 5) is 4.43. The predicted octanol–water partition coefficient (Wildman–Crippen LogP) is 3.57. The fraction of sp³-hybridized carbons (Fsp3) is 0.188. The Morgan fingerprint density at radius 2 is 2.15 bits per heavy atom. The van der Waals surface area contributed by atoms with E-state index in [9.17, 15) is 5.11 Å². The molecule has 0 bridgehead atoms. The van der Waals surface area contributed by atoms with Gasteiger partial charge in [0.25, 0.3) is 0 Å². The van der Waals surface area contributed by atoms with Gasteiger partial charge in [0, 0.05) is 23.8 Å². The molecule has 0 aliphatic carbocycles. The van der Waals surface area contributed by atoms with E-state index in [1.54, 1.807) is 0 Å². The lowest BCUT2D eigenvalue weighted by atomic mass is 10.0. The van der Waals surface area contributed by atoms with E-state index >= 15 is 0 Å². The fourth-order valence-electron chi connectivity index (χ4n) is 2.25. The predicted molar refractivity (Wildman–Crippen MR) is 80.0 cm³/mol. The molecule has 4 heteroatoms. The lowest BCUT2D eigenvalue weighted by molar-refractivity contribution is 0.174. The van der Waals surface area contributed by atoms with Gasteiger partial charge in [-0.25, -0.2) is 4.98 Å². The van der Waals surface area contributed by atoms with Gasteiger partial charge >= 0.3 is 0 Å². The molecular weight excluding hydrogens is 272 g/mol. The largest absolute Gasteiger partial charge is 0.386 e. The van der Waals surface area contributed by atoms with Crippen LogP contribution in [0.1, 0.15) is 22.9 Å². The van der Waals surface area contributed by atoms with Gasteiger partial charge in [0.2, 0.25) is 0 Å². The molecule has 3 rings (SSSR count). The highest BCUT2D eigenvalue weighted by molar-refractivity contribution is 6.31. The summed E-state index contributed by atoms with van der Waals surface area (Å²) < 4.78 is 1.90. The Hall–Kier alpha value is -1.84. The first-order chi connectivity index (χ1) is 9.63. The molecule has 102 valence electrons.